The molecule has 0 rings (SSSR count). The van der Waals surface area contributed by atoms with Crippen LogP contribution in [0.15, 0.2) is 219 Å². The topological polar surface area (TPSA) is 108 Å². The average molecular weight is 1480 g/mol. The Balaban J connectivity index is 4.03. The van der Waals surface area contributed by atoms with Crippen LogP contribution in [0.5, 0.6) is 0 Å². The monoisotopic (exact) mass is 1480 g/mol. The van der Waals surface area contributed by atoms with Crippen molar-refractivity contribution in [2.24, 2.45) is 0 Å². The molecule has 0 spiro atoms. The van der Waals surface area contributed by atoms with Crippen molar-refractivity contribution < 1.29 is 42.1 Å². The Bertz CT molecular complexity index is 2610. The van der Waals surface area contributed by atoms with Crippen LogP contribution in [0.25, 0.3) is 0 Å². The second-order valence-electron chi connectivity index (χ2n) is 28.7. The number of hydrogen-bond donors (Lipinski definition) is 1. The van der Waals surface area contributed by atoms with Crippen molar-refractivity contribution in [3.05, 3.63) is 219 Å². The minimum atomic E-state index is -4.41. The molecule has 0 aromatic heterocycles. The molecule has 2 unspecified atom stereocenters. The Hall–Kier alpha value is -5.67. The van der Waals surface area contributed by atoms with Crippen LogP contribution in [0.4, 0.5) is 0 Å². The number of rotatable bonds is 76. The van der Waals surface area contributed by atoms with Crippen LogP contribution in [0.2, 0.25) is 0 Å². The van der Waals surface area contributed by atoms with E-state index in [1.807, 2.05) is 21.1 Å². The average Bonchev–Trinajstić information content (AvgIpc) is 0.908. The number of hydrogen-bond acceptors (Lipinski definition) is 7. The second kappa shape index (κ2) is 83.4. The van der Waals surface area contributed by atoms with E-state index in [0.717, 1.165) is 161 Å². The van der Waals surface area contributed by atoms with Gasteiger partial charge in [0.2, 0.25) is 0 Å². The van der Waals surface area contributed by atoms with E-state index in [2.05, 4.69) is 233 Å². The van der Waals surface area contributed by atoms with Gasteiger partial charge in [-0.2, -0.15) is 0 Å². The zero-order valence-electron chi connectivity index (χ0n) is 68.3. The summed E-state index contributed by atoms with van der Waals surface area (Å²) in [6, 6.07) is 0. The summed E-state index contributed by atoms with van der Waals surface area (Å²) in [6.45, 7) is 4.20. The molecule has 0 aliphatic heterocycles. The first-order valence-electron chi connectivity index (χ1n) is 42.5. The summed E-state index contributed by atoms with van der Waals surface area (Å²) in [6.07, 6.45) is 132. The van der Waals surface area contributed by atoms with Crippen LogP contribution < -0.4 is 0 Å². The molecule has 0 amide bonds. The van der Waals surface area contributed by atoms with Gasteiger partial charge in [0.15, 0.2) is 6.10 Å². The maximum absolute atomic E-state index is 12.9. The third-order valence-electron chi connectivity index (χ3n) is 17.5. The third-order valence-corrected chi connectivity index (χ3v) is 18.5. The normalized spacial score (nSPS) is 14.1. The van der Waals surface area contributed by atoms with Gasteiger partial charge in [0.1, 0.15) is 19.8 Å². The molecule has 106 heavy (non-hydrogen) atoms. The van der Waals surface area contributed by atoms with Gasteiger partial charge in [0.25, 0.3) is 0 Å². The lowest BCUT2D eigenvalue weighted by atomic mass is 10.0. The van der Waals surface area contributed by atoms with E-state index >= 15 is 0 Å². The van der Waals surface area contributed by atoms with Gasteiger partial charge >= 0.3 is 19.8 Å². The summed E-state index contributed by atoms with van der Waals surface area (Å²) in [4.78, 5) is 36.0. The van der Waals surface area contributed by atoms with Crippen LogP contribution in [0.1, 0.15) is 322 Å². The molecule has 0 aliphatic rings. The molecule has 0 aromatic carbocycles. The second-order valence-corrected chi connectivity index (χ2v) is 30.2. The van der Waals surface area contributed by atoms with Gasteiger partial charge in [-0.3, -0.25) is 18.6 Å². The van der Waals surface area contributed by atoms with Crippen LogP contribution in [0, 0.1) is 0 Å². The van der Waals surface area contributed by atoms with Gasteiger partial charge in [-0.1, -0.05) is 374 Å². The van der Waals surface area contributed by atoms with Crippen molar-refractivity contribution in [3.63, 3.8) is 0 Å². The molecule has 0 fully saturated rings. The number of ether oxygens (including phenoxy) is 2. The highest BCUT2D eigenvalue weighted by atomic mass is 31.2. The molecule has 598 valence electrons. The number of phosphoric ester groups is 1. The summed E-state index contributed by atoms with van der Waals surface area (Å²) in [5, 5.41) is 0. The Kier molecular flexibility index (Phi) is 78.9. The highest BCUT2D eigenvalue weighted by molar-refractivity contribution is 7.47. The SMILES string of the molecule is CC/C=C\C/C=C\C/C=C\C/C=C\C/C=C\C/C=C\C/C=C\C/C=C\C/C=C\C/C=C\CCCCCCCCCCCCC(=O)OC(COC(=O)CCCCCCCCCCCCCCCCCC/C=C\C/C=C\C/C=C\C/C=C\C/C=C\C/C=C\C/C=C\C/C=C\CC)COP(=O)(O)OCC[N+](C)(C)C. The van der Waals surface area contributed by atoms with Gasteiger partial charge in [0, 0.05) is 12.8 Å². The molecule has 10 heteroatoms. The highest BCUT2D eigenvalue weighted by Gasteiger charge is 2.27. The first-order valence-corrected chi connectivity index (χ1v) is 44.0. The van der Waals surface area contributed by atoms with E-state index in [9.17, 15) is 19.0 Å². The number of carbonyl (C=O) groups excluding carboxylic acids is 2. The van der Waals surface area contributed by atoms with Crippen LogP contribution >= 0.6 is 7.82 Å². The van der Waals surface area contributed by atoms with Gasteiger partial charge in [0.05, 0.1) is 27.7 Å². The molecule has 0 heterocycles. The van der Waals surface area contributed by atoms with Gasteiger partial charge in [-0.25, -0.2) is 4.57 Å². The highest BCUT2D eigenvalue weighted by Crippen LogP contribution is 2.43. The van der Waals surface area contributed by atoms with E-state index in [1.165, 1.54) is 128 Å². The van der Waals surface area contributed by atoms with Crippen molar-refractivity contribution in [2.75, 3.05) is 47.5 Å². The van der Waals surface area contributed by atoms with E-state index in [0.29, 0.717) is 17.4 Å². The van der Waals surface area contributed by atoms with Crippen molar-refractivity contribution in [1.82, 2.24) is 0 Å². The summed E-state index contributed by atoms with van der Waals surface area (Å²) in [5.41, 5.74) is 0. The van der Waals surface area contributed by atoms with E-state index in [4.69, 9.17) is 18.5 Å². The molecular weight excluding hydrogens is 1330 g/mol. The Morgan fingerprint density at radius 3 is 0.755 bits per heavy atom. The Morgan fingerprint density at radius 1 is 0.292 bits per heavy atom. The standard InChI is InChI=1S/C96H156NO8P/c1-6-8-10-12-14-16-18-20-22-24-26-28-30-32-34-36-38-40-42-44-46-48-50-52-54-56-58-60-62-64-66-68-70-72-74-76-78-80-82-84-86-88-95(98)102-92-94(93-104-106(100,101)103-91-90-97(3,4)5)105-96(99)89-87-85-83-81-79-77-75-73-71-69-67-65-63-61-59-57-55-53-51-49-47-45-43-41-39-37-35-33-31-29-27-25-23-21-19-17-15-13-11-9-7-2/h8-11,14-17,20-23,26-29,32-35,38-41,44-47,50-53,57,59,63,65,94H,6-7,12-13,18-19,24-25,30-31,36-37,42-43,48-49,54-56,58,60-62,64,66-93H2,1-5H3/p+1/b10-8-,11-9-,16-14-,17-15-,22-20-,23-21-,28-26-,29-27-,34-32-,35-33-,40-38-,41-39-,46-44-,47-45-,52-50-,53-51-,59-57-,65-63-. The van der Waals surface area contributed by atoms with Gasteiger partial charge in [-0.05, 0) is 154 Å². The van der Waals surface area contributed by atoms with Crippen LogP contribution in [-0.2, 0) is 32.7 Å². The first kappa shape index (κ1) is 100. The molecule has 0 bridgehead atoms. The molecular formula is C96H157NO8P+. The van der Waals surface area contributed by atoms with Gasteiger partial charge < -0.3 is 18.9 Å². The minimum absolute atomic E-state index is 0.0223. The minimum Gasteiger partial charge on any atom is -0.462 e. The first-order chi connectivity index (χ1) is 52.0. The lowest BCUT2D eigenvalue weighted by molar-refractivity contribution is -0.870. The number of likely N-dealkylation sites (N-methyl/N-ethyl adjacent to an activating group) is 1. The fourth-order valence-corrected chi connectivity index (χ4v) is 11.9. The molecule has 9 nitrogen and oxygen atoms in total. The summed E-state index contributed by atoms with van der Waals surface area (Å²) in [5.74, 6) is -0.806. The number of allylic oxidation sites excluding steroid dienone is 36. The number of quaternary nitrogens is 1. The predicted octanol–water partition coefficient (Wildman–Crippen LogP) is 29.1. The number of carbonyl (C=O) groups is 2. The molecule has 0 radical (unpaired) electrons. The lowest BCUT2D eigenvalue weighted by Crippen LogP contribution is -2.37. The molecule has 2 atom stereocenters. The summed E-state index contributed by atoms with van der Waals surface area (Å²) in [7, 11) is 1.46. The number of esters is 2. The summed E-state index contributed by atoms with van der Waals surface area (Å²) >= 11 is 0. The molecule has 0 aliphatic carbocycles. The van der Waals surface area contributed by atoms with Crippen LogP contribution in [0.3, 0.4) is 0 Å². The number of unbranched alkanes of at least 4 members (excludes halogenated alkanes) is 26. The maximum atomic E-state index is 12.9. The Labute approximate surface area is 652 Å². The zero-order valence-corrected chi connectivity index (χ0v) is 69.2. The number of phosphoric acid groups is 1. The molecule has 0 saturated carbocycles. The zero-order chi connectivity index (χ0) is 76.8. The van der Waals surface area contributed by atoms with Crippen molar-refractivity contribution in [2.45, 2.75) is 328 Å². The Morgan fingerprint density at radius 2 is 0.509 bits per heavy atom. The third kappa shape index (κ3) is 87.2. The van der Waals surface area contributed by atoms with E-state index in [1.54, 1.807) is 0 Å². The predicted molar refractivity (Wildman–Crippen MR) is 463 cm³/mol. The smallest absolute Gasteiger partial charge is 0.462 e. The largest absolute Gasteiger partial charge is 0.472 e. The van der Waals surface area contributed by atoms with E-state index < -0.39 is 26.5 Å². The summed E-state index contributed by atoms with van der Waals surface area (Å²) < 4.78 is 34.8. The lowest BCUT2D eigenvalue weighted by Gasteiger charge is -2.24. The molecule has 0 aromatic rings. The molecule has 0 saturated heterocycles. The van der Waals surface area contributed by atoms with Crippen molar-refractivity contribution >= 4 is 19.8 Å². The fourth-order valence-electron chi connectivity index (χ4n) is 11.1. The molecule has 1 N–H and O–H groups in total. The fraction of sp³-hybridized carbons (Fsp3) is 0.604. The van der Waals surface area contributed by atoms with Crippen LogP contribution in [-0.4, -0.2) is 74.9 Å². The van der Waals surface area contributed by atoms with Crippen molar-refractivity contribution in [3.8, 4) is 0 Å². The van der Waals surface area contributed by atoms with Crippen molar-refractivity contribution in [1.29, 1.82) is 0 Å². The quantitative estimate of drug-likeness (QED) is 0.0211. The van der Waals surface area contributed by atoms with Gasteiger partial charge in [-0.15, -0.1) is 0 Å². The maximum Gasteiger partial charge on any atom is 0.472 e. The number of nitrogens with zero attached hydrogens (tertiary/aromatic N) is 1. The van der Waals surface area contributed by atoms with E-state index in [-0.39, 0.29) is 32.0 Å².